The first-order valence-corrected chi connectivity index (χ1v) is 5.95. The van der Waals surface area contributed by atoms with Gasteiger partial charge in [0.15, 0.2) is 5.16 Å². The van der Waals surface area contributed by atoms with Gasteiger partial charge >= 0.3 is 0 Å². The summed E-state index contributed by atoms with van der Waals surface area (Å²) in [6.45, 7) is 2.22. The molecule has 0 fully saturated rings. The summed E-state index contributed by atoms with van der Waals surface area (Å²) in [6, 6.07) is 2.01. The van der Waals surface area contributed by atoms with E-state index in [0.29, 0.717) is 0 Å². The van der Waals surface area contributed by atoms with Crippen LogP contribution in [0.4, 0.5) is 0 Å². The molecule has 1 rings (SSSR count). The normalized spacial score (nSPS) is 10.3. The van der Waals surface area contributed by atoms with Crippen LogP contribution < -0.4 is 0 Å². The van der Waals surface area contributed by atoms with Gasteiger partial charge in [0.1, 0.15) is 0 Å². The second-order valence-electron chi connectivity index (χ2n) is 2.99. The third kappa shape index (κ3) is 3.77. The van der Waals surface area contributed by atoms with Gasteiger partial charge in [-0.2, -0.15) is 0 Å². The highest BCUT2D eigenvalue weighted by atomic mass is 32.2. The summed E-state index contributed by atoms with van der Waals surface area (Å²) >= 11 is 1.60. The van der Waals surface area contributed by atoms with Gasteiger partial charge in [0.25, 0.3) is 0 Å². The molecule has 0 spiro atoms. The van der Waals surface area contributed by atoms with Gasteiger partial charge in [-0.15, -0.1) is 0 Å². The second-order valence-corrected chi connectivity index (χ2v) is 3.77. The van der Waals surface area contributed by atoms with Gasteiger partial charge in [-0.25, -0.2) is 9.97 Å². The van der Waals surface area contributed by atoms with Crippen molar-refractivity contribution in [3.05, 3.63) is 18.0 Å². The molecular weight excluding hydrogens is 180 g/mol. The fourth-order valence-electron chi connectivity index (χ4n) is 1.17. The molecule has 1 aromatic heterocycles. The molecule has 0 unspecified atom stereocenters. The van der Waals surface area contributed by atoms with Crippen molar-refractivity contribution in [1.29, 1.82) is 0 Å². The highest BCUT2D eigenvalue weighted by Gasteiger charge is 1.97. The van der Waals surface area contributed by atoms with Gasteiger partial charge in [0.05, 0.1) is 0 Å². The SMILES string of the molecule is CCCCCc1ccnc(SC)n1. The lowest BCUT2D eigenvalue weighted by atomic mass is 10.1. The number of aryl methyl sites for hydroxylation is 1. The first-order valence-electron chi connectivity index (χ1n) is 4.72. The Hall–Kier alpha value is -0.570. The Bertz CT molecular complexity index is 250. The predicted octanol–water partition coefficient (Wildman–Crippen LogP) is 2.93. The van der Waals surface area contributed by atoms with Gasteiger partial charge in [-0.1, -0.05) is 31.5 Å². The Morgan fingerprint density at radius 3 is 2.92 bits per heavy atom. The topological polar surface area (TPSA) is 25.8 Å². The van der Waals surface area contributed by atoms with E-state index in [1.807, 2.05) is 18.5 Å². The Kier molecular flexibility index (Phi) is 4.83. The van der Waals surface area contributed by atoms with Crippen LogP contribution in [0.2, 0.25) is 0 Å². The van der Waals surface area contributed by atoms with Crippen LogP contribution in [0.15, 0.2) is 17.4 Å². The third-order valence-corrected chi connectivity index (χ3v) is 2.47. The summed E-state index contributed by atoms with van der Waals surface area (Å²) in [4.78, 5) is 8.55. The Morgan fingerprint density at radius 2 is 2.23 bits per heavy atom. The third-order valence-electron chi connectivity index (χ3n) is 1.91. The van der Waals surface area contributed by atoms with Crippen molar-refractivity contribution in [2.24, 2.45) is 0 Å². The number of aromatic nitrogens is 2. The monoisotopic (exact) mass is 196 g/mol. The average Bonchev–Trinajstić information content (AvgIpc) is 2.19. The molecule has 0 saturated carbocycles. The smallest absolute Gasteiger partial charge is 0.187 e. The molecule has 0 aliphatic carbocycles. The highest BCUT2D eigenvalue weighted by molar-refractivity contribution is 7.98. The molecule has 72 valence electrons. The Morgan fingerprint density at radius 1 is 1.38 bits per heavy atom. The standard InChI is InChI=1S/C10H16N2S/c1-3-4-5-6-9-7-8-11-10(12-9)13-2/h7-8H,3-6H2,1-2H3. The van der Waals surface area contributed by atoms with Crippen molar-refractivity contribution < 1.29 is 0 Å². The van der Waals surface area contributed by atoms with Crippen LogP contribution in [-0.4, -0.2) is 16.2 Å². The highest BCUT2D eigenvalue weighted by Crippen LogP contribution is 2.09. The molecular formula is C10H16N2S. The summed E-state index contributed by atoms with van der Waals surface area (Å²) in [5.41, 5.74) is 1.17. The molecule has 0 aliphatic rings. The average molecular weight is 196 g/mol. The van der Waals surface area contributed by atoms with Gasteiger partial charge in [0.2, 0.25) is 0 Å². The number of rotatable bonds is 5. The van der Waals surface area contributed by atoms with Crippen LogP contribution >= 0.6 is 11.8 Å². The molecule has 0 saturated heterocycles. The van der Waals surface area contributed by atoms with E-state index in [2.05, 4.69) is 16.9 Å². The van der Waals surface area contributed by atoms with Crippen LogP contribution in [0.1, 0.15) is 31.9 Å². The van der Waals surface area contributed by atoms with Gasteiger partial charge in [-0.05, 0) is 25.2 Å². The molecule has 1 aromatic rings. The quantitative estimate of drug-likeness (QED) is 0.411. The first kappa shape index (κ1) is 10.5. The lowest BCUT2D eigenvalue weighted by molar-refractivity contribution is 0.698. The zero-order chi connectivity index (χ0) is 9.52. The van der Waals surface area contributed by atoms with Crippen LogP contribution in [-0.2, 0) is 6.42 Å². The lowest BCUT2D eigenvalue weighted by Crippen LogP contribution is -1.93. The van der Waals surface area contributed by atoms with Crippen molar-refractivity contribution in [2.45, 2.75) is 37.8 Å². The van der Waals surface area contributed by atoms with E-state index in [0.717, 1.165) is 11.6 Å². The molecule has 3 heteroatoms. The molecule has 0 radical (unpaired) electrons. The largest absolute Gasteiger partial charge is 0.231 e. The number of hydrogen-bond donors (Lipinski definition) is 0. The molecule has 13 heavy (non-hydrogen) atoms. The fraction of sp³-hybridized carbons (Fsp3) is 0.600. The summed E-state index contributed by atoms with van der Waals surface area (Å²) in [5.74, 6) is 0. The van der Waals surface area contributed by atoms with Crippen molar-refractivity contribution in [3.63, 3.8) is 0 Å². The van der Waals surface area contributed by atoms with E-state index in [9.17, 15) is 0 Å². The van der Waals surface area contributed by atoms with Crippen LogP contribution in [0.5, 0.6) is 0 Å². The molecule has 0 aliphatic heterocycles. The predicted molar refractivity (Wildman–Crippen MR) is 57.0 cm³/mol. The maximum Gasteiger partial charge on any atom is 0.187 e. The second kappa shape index (κ2) is 5.97. The Balaban J connectivity index is 2.46. The molecule has 0 N–H and O–H groups in total. The van der Waals surface area contributed by atoms with E-state index in [4.69, 9.17) is 0 Å². The van der Waals surface area contributed by atoms with Crippen LogP contribution in [0.3, 0.4) is 0 Å². The Labute approximate surface area is 84.2 Å². The number of nitrogens with zero attached hydrogens (tertiary/aromatic N) is 2. The van der Waals surface area contributed by atoms with E-state index < -0.39 is 0 Å². The molecule has 1 heterocycles. The van der Waals surface area contributed by atoms with Gasteiger partial charge in [0, 0.05) is 11.9 Å². The van der Waals surface area contributed by atoms with E-state index in [1.54, 1.807) is 11.8 Å². The number of thioether (sulfide) groups is 1. The zero-order valence-corrected chi connectivity index (χ0v) is 9.10. The summed E-state index contributed by atoms with van der Waals surface area (Å²) < 4.78 is 0. The minimum Gasteiger partial charge on any atom is -0.231 e. The van der Waals surface area contributed by atoms with Gasteiger partial charge < -0.3 is 0 Å². The van der Waals surface area contributed by atoms with Crippen molar-refractivity contribution in [2.75, 3.05) is 6.26 Å². The van der Waals surface area contributed by atoms with Gasteiger partial charge in [-0.3, -0.25) is 0 Å². The van der Waals surface area contributed by atoms with Crippen molar-refractivity contribution in [1.82, 2.24) is 9.97 Å². The number of hydrogen-bond acceptors (Lipinski definition) is 3. The minimum absolute atomic E-state index is 0.883. The fourth-order valence-corrected chi connectivity index (χ4v) is 1.54. The van der Waals surface area contributed by atoms with E-state index >= 15 is 0 Å². The van der Waals surface area contributed by atoms with Crippen LogP contribution in [0, 0.1) is 0 Å². The lowest BCUT2D eigenvalue weighted by Gasteiger charge is -2.00. The van der Waals surface area contributed by atoms with Crippen molar-refractivity contribution >= 4 is 11.8 Å². The van der Waals surface area contributed by atoms with Crippen LogP contribution in [0.25, 0.3) is 0 Å². The minimum atomic E-state index is 0.883. The first-order chi connectivity index (χ1) is 6.36. The molecule has 0 atom stereocenters. The maximum atomic E-state index is 4.41. The number of unbranched alkanes of at least 4 members (excludes halogenated alkanes) is 2. The zero-order valence-electron chi connectivity index (χ0n) is 8.29. The van der Waals surface area contributed by atoms with Crippen molar-refractivity contribution in [3.8, 4) is 0 Å². The maximum absolute atomic E-state index is 4.41. The molecule has 2 nitrogen and oxygen atoms in total. The molecule has 0 amide bonds. The summed E-state index contributed by atoms with van der Waals surface area (Å²) in [5, 5.41) is 0.883. The van der Waals surface area contributed by atoms with E-state index in [-0.39, 0.29) is 0 Å². The summed E-state index contributed by atoms with van der Waals surface area (Å²) in [7, 11) is 0. The van der Waals surface area contributed by atoms with E-state index in [1.165, 1.54) is 25.0 Å². The molecule has 0 aromatic carbocycles. The summed E-state index contributed by atoms with van der Waals surface area (Å²) in [6.07, 6.45) is 8.73. The molecule has 0 bridgehead atoms.